The number of carbonyl (C=O) groups excluding carboxylic acids is 1. The van der Waals surface area contributed by atoms with Crippen LogP contribution in [0, 0.1) is 0 Å². The first-order chi connectivity index (χ1) is 9.45. The third kappa shape index (κ3) is 4.42. The standard InChI is InChI=1S/C15H19NO4/c1-4-20-15(19)9-11(2)12-7-5-6-8-13(12)16(3)10-14(17)18/h5-9H,4,10H2,1-3H3,(H,17,18)/b11-9+. The van der Waals surface area contributed by atoms with E-state index in [1.165, 1.54) is 6.08 Å². The molecule has 0 fully saturated rings. The van der Waals surface area contributed by atoms with Gasteiger partial charge in [-0.25, -0.2) is 4.79 Å². The number of hydrogen-bond acceptors (Lipinski definition) is 4. The Labute approximate surface area is 118 Å². The molecule has 5 nitrogen and oxygen atoms in total. The molecule has 0 spiro atoms. The number of likely N-dealkylation sites (N-methyl/N-ethyl adjacent to an activating group) is 1. The lowest BCUT2D eigenvalue weighted by atomic mass is 10.0. The molecule has 0 amide bonds. The van der Waals surface area contributed by atoms with Gasteiger partial charge in [-0.2, -0.15) is 0 Å². The summed E-state index contributed by atoms with van der Waals surface area (Å²) in [6, 6.07) is 7.34. The van der Waals surface area contributed by atoms with Gasteiger partial charge in [0.05, 0.1) is 6.61 Å². The molecular weight excluding hydrogens is 258 g/mol. The lowest BCUT2D eigenvalue weighted by molar-refractivity contribution is -0.137. The van der Waals surface area contributed by atoms with Crippen LogP contribution in [0.1, 0.15) is 19.4 Å². The molecule has 0 unspecified atom stereocenters. The second-order valence-corrected chi connectivity index (χ2v) is 4.35. The number of esters is 1. The van der Waals surface area contributed by atoms with Crippen LogP contribution in [0.25, 0.3) is 5.57 Å². The van der Waals surface area contributed by atoms with Crippen LogP contribution in [0.5, 0.6) is 0 Å². The quantitative estimate of drug-likeness (QED) is 0.637. The van der Waals surface area contributed by atoms with Gasteiger partial charge >= 0.3 is 11.9 Å². The molecule has 1 aromatic carbocycles. The zero-order valence-electron chi connectivity index (χ0n) is 11.9. The maximum absolute atomic E-state index is 11.5. The smallest absolute Gasteiger partial charge is 0.331 e. The summed E-state index contributed by atoms with van der Waals surface area (Å²) in [5.41, 5.74) is 2.30. The number of allylic oxidation sites excluding steroid dienone is 1. The number of para-hydroxylation sites is 1. The number of ether oxygens (including phenoxy) is 1. The molecule has 0 heterocycles. The molecule has 0 aliphatic rings. The SMILES string of the molecule is CCOC(=O)/C=C(\C)c1ccccc1N(C)CC(=O)O. The summed E-state index contributed by atoms with van der Waals surface area (Å²) in [4.78, 5) is 23.9. The van der Waals surface area contributed by atoms with E-state index < -0.39 is 11.9 Å². The number of carbonyl (C=O) groups is 2. The lowest BCUT2D eigenvalue weighted by Crippen LogP contribution is -2.25. The Kier molecular flexibility index (Phi) is 5.77. The number of rotatable bonds is 6. The highest BCUT2D eigenvalue weighted by Crippen LogP contribution is 2.26. The fourth-order valence-electron chi connectivity index (χ4n) is 1.87. The zero-order valence-corrected chi connectivity index (χ0v) is 11.9. The Morgan fingerprint density at radius 1 is 1.35 bits per heavy atom. The molecule has 5 heteroatoms. The summed E-state index contributed by atoms with van der Waals surface area (Å²) < 4.78 is 4.88. The Balaban J connectivity index is 3.06. The predicted octanol–water partition coefficient (Wildman–Crippen LogP) is 2.17. The van der Waals surface area contributed by atoms with Crippen molar-refractivity contribution >= 4 is 23.2 Å². The summed E-state index contributed by atoms with van der Waals surface area (Å²) in [6.07, 6.45) is 1.41. The Morgan fingerprint density at radius 3 is 2.60 bits per heavy atom. The molecule has 1 N–H and O–H groups in total. The number of benzene rings is 1. The second-order valence-electron chi connectivity index (χ2n) is 4.35. The second kappa shape index (κ2) is 7.33. The van der Waals surface area contributed by atoms with Crippen LogP contribution in [-0.4, -0.2) is 37.2 Å². The molecule has 0 radical (unpaired) electrons. The molecule has 108 valence electrons. The number of aliphatic carboxylic acids is 1. The Hall–Kier alpha value is -2.30. The van der Waals surface area contributed by atoms with Gasteiger partial charge in [-0.05, 0) is 25.5 Å². The van der Waals surface area contributed by atoms with E-state index in [1.54, 1.807) is 25.8 Å². The van der Waals surface area contributed by atoms with Gasteiger partial charge in [0, 0.05) is 24.4 Å². The van der Waals surface area contributed by atoms with E-state index in [-0.39, 0.29) is 6.54 Å². The van der Waals surface area contributed by atoms with Gasteiger partial charge in [0.1, 0.15) is 6.54 Å². The first-order valence-corrected chi connectivity index (χ1v) is 6.33. The number of hydrogen-bond donors (Lipinski definition) is 1. The zero-order chi connectivity index (χ0) is 15.1. The molecule has 0 aliphatic carbocycles. The van der Waals surface area contributed by atoms with Gasteiger partial charge in [-0.1, -0.05) is 18.2 Å². The summed E-state index contributed by atoms with van der Waals surface area (Å²) >= 11 is 0. The molecule has 1 rings (SSSR count). The normalized spacial score (nSPS) is 11.1. The molecule has 0 aromatic heterocycles. The maximum Gasteiger partial charge on any atom is 0.331 e. The molecule has 0 bridgehead atoms. The van der Waals surface area contributed by atoms with Crippen molar-refractivity contribution in [2.24, 2.45) is 0 Å². The van der Waals surface area contributed by atoms with E-state index in [0.29, 0.717) is 6.61 Å². The molecule has 0 saturated heterocycles. The van der Waals surface area contributed by atoms with E-state index in [2.05, 4.69) is 0 Å². The van der Waals surface area contributed by atoms with Gasteiger partial charge in [-0.3, -0.25) is 4.79 Å². The monoisotopic (exact) mass is 277 g/mol. The summed E-state index contributed by atoms with van der Waals surface area (Å²) in [7, 11) is 1.70. The van der Waals surface area contributed by atoms with E-state index in [1.807, 2.05) is 24.3 Å². The van der Waals surface area contributed by atoms with Crippen LogP contribution < -0.4 is 4.90 Å². The highest BCUT2D eigenvalue weighted by atomic mass is 16.5. The van der Waals surface area contributed by atoms with Crippen LogP contribution in [0.3, 0.4) is 0 Å². The van der Waals surface area contributed by atoms with Crippen molar-refractivity contribution in [3.05, 3.63) is 35.9 Å². The van der Waals surface area contributed by atoms with Crippen LogP contribution in [0.2, 0.25) is 0 Å². The fourth-order valence-corrected chi connectivity index (χ4v) is 1.87. The minimum absolute atomic E-state index is 0.107. The number of carboxylic acids is 1. The van der Waals surface area contributed by atoms with Crippen molar-refractivity contribution in [2.75, 3.05) is 25.1 Å². The molecule has 0 aliphatic heterocycles. The Bertz CT molecular complexity index is 522. The third-order valence-electron chi connectivity index (χ3n) is 2.73. The van der Waals surface area contributed by atoms with Crippen molar-refractivity contribution < 1.29 is 19.4 Å². The average Bonchev–Trinajstić information content (AvgIpc) is 2.38. The van der Waals surface area contributed by atoms with E-state index in [9.17, 15) is 9.59 Å². The highest BCUT2D eigenvalue weighted by molar-refractivity contribution is 5.93. The van der Waals surface area contributed by atoms with E-state index in [4.69, 9.17) is 9.84 Å². The van der Waals surface area contributed by atoms with Crippen molar-refractivity contribution in [3.63, 3.8) is 0 Å². The minimum atomic E-state index is -0.908. The average molecular weight is 277 g/mol. The van der Waals surface area contributed by atoms with Crippen LogP contribution >= 0.6 is 0 Å². The summed E-state index contributed by atoms with van der Waals surface area (Å²) in [5, 5.41) is 8.86. The molecule has 0 atom stereocenters. The first-order valence-electron chi connectivity index (χ1n) is 6.33. The van der Waals surface area contributed by atoms with E-state index >= 15 is 0 Å². The van der Waals surface area contributed by atoms with Crippen molar-refractivity contribution in [1.29, 1.82) is 0 Å². The summed E-state index contributed by atoms with van der Waals surface area (Å²) in [5.74, 6) is -1.31. The van der Waals surface area contributed by atoms with Crippen LogP contribution in [-0.2, 0) is 14.3 Å². The van der Waals surface area contributed by atoms with Crippen LogP contribution in [0.4, 0.5) is 5.69 Å². The highest BCUT2D eigenvalue weighted by Gasteiger charge is 2.11. The Morgan fingerprint density at radius 2 is 2.00 bits per heavy atom. The first kappa shape index (κ1) is 15.8. The van der Waals surface area contributed by atoms with E-state index in [0.717, 1.165) is 16.8 Å². The van der Waals surface area contributed by atoms with Gasteiger partial charge in [0.25, 0.3) is 0 Å². The molecule has 20 heavy (non-hydrogen) atoms. The van der Waals surface area contributed by atoms with Crippen molar-refractivity contribution in [2.45, 2.75) is 13.8 Å². The molecular formula is C15H19NO4. The largest absolute Gasteiger partial charge is 0.480 e. The maximum atomic E-state index is 11.5. The predicted molar refractivity (Wildman–Crippen MR) is 77.6 cm³/mol. The van der Waals surface area contributed by atoms with Crippen LogP contribution in [0.15, 0.2) is 30.3 Å². The molecule has 1 aromatic rings. The lowest BCUT2D eigenvalue weighted by Gasteiger charge is -2.20. The van der Waals surface area contributed by atoms with Gasteiger partial charge in [0.15, 0.2) is 0 Å². The molecule has 0 saturated carbocycles. The van der Waals surface area contributed by atoms with Gasteiger partial charge in [0.2, 0.25) is 0 Å². The van der Waals surface area contributed by atoms with Gasteiger partial charge in [-0.15, -0.1) is 0 Å². The fraction of sp³-hybridized carbons (Fsp3) is 0.333. The van der Waals surface area contributed by atoms with Crippen molar-refractivity contribution in [3.8, 4) is 0 Å². The minimum Gasteiger partial charge on any atom is -0.480 e. The number of carboxylic acid groups (broad SMARTS) is 1. The van der Waals surface area contributed by atoms with Gasteiger partial charge < -0.3 is 14.7 Å². The third-order valence-corrected chi connectivity index (χ3v) is 2.73. The number of nitrogens with zero attached hydrogens (tertiary/aromatic N) is 1. The van der Waals surface area contributed by atoms with Crippen molar-refractivity contribution in [1.82, 2.24) is 0 Å². The topological polar surface area (TPSA) is 66.8 Å². The summed E-state index contributed by atoms with van der Waals surface area (Å²) in [6.45, 7) is 3.76. The number of anilines is 1.